The van der Waals surface area contributed by atoms with Crippen molar-refractivity contribution in [1.29, 1.82) is 0 Å². The maximum atomic E-state index is 12.1. The summed E-state index contributed by atoms with van der Waals surface area (Å²) in [4.78, 5) is 14.0. The zero-order valence-corrected chi connectivity index (χ0v) is 12.4. The second-order valence-corrected chi connectivity index (χ2v) is 5.50. The SMILES string of the molecule is CCC1CCCN1C(=O)COc1cc(Cl)ccc1Cl. The Morgan fingerprint density at radius 1 is 1.47 bits per heavy atom. The number of amides is 1. The van der Waals surface area contributed by atoms with Gasteiger partial charge in [0.15, 0.2) is 6.61 Å². The zero-order valence-electron chi connectivity index (χ0n) is 10.9. The summed E-state index contributed by atoms with van der Waals surface area (Å²) < 4.78 is 5.48. The van der Waals surface area contributed by atoms with Gasteiger partial charge >= 0.3 is 0 Å². The summed E-state index contributed by atoms with van der Waals surface area (Å²) in [6, 6.07) is 5.32. The Labute approximate surface area is 123 Å². The van der Waals surface area contributed by atoms with Gasteiger partial charge in [-0.15, -0.1) is 0 Å². The number of likely N-dealkylation sites (tertiary alicyclic amines) is 1. The van der Waals surface area contributed by atoms with Crippen LogP contribution in [0, 0.1) is 0 Å². The molecule has 1 aliphatic heterocycles. The van der Waals surface area contributed by atoms with Crippen molar-refractivity contribution in [2.24, 2.45) is 0 Å². The van der Waals surface area contributed by atoms with Crippen LogP contribution in [-0.4, -0.2) is 30.0 Å². The quantitative estimate of drug-likeness (QED) is 0.847. The lowest BCUT2D eigenvalue weighted by atomic mass is 10.2. The molecule has 0 aromatic heterocycles. The molecule has 0 aliphatic carbocycles. The number of rotatable bonds is 4. The third kappa shape index (κ3) is 3.54. The van der Waals surface area contributed by atoms with E-state index >= 15 is 0 Å². The highest BCUT2D eigenvalue weighted by molar-refractivity contribution is 6.34. The fraction of sp³-hybridized carbons (Fsp3) is 0.500. The van der Waals surface area contributed by atoms with Crippen molar-refractivity contribution in [2.45, 2.75) is 32.2 Å². The first kappa shape index (κ1) is 14.5. The van der Waals surface area contributed by atoms with E-state index in [2.05, 4.69) is 6.92 Å². The zero-order chi connectivity index (χ0) is 13.8. The Morgan fingerprint density at radius 2 is 2.26 bits per heavy atom. The highest BCUT2D eigenvalue weighted by Crippen LogP contribution is 2.28. The van der Waals surface area contributed by atoms with Crippen LogP contribution in [0.2, 0.25) is 10.0 Å². The van der Waals surface area contributed by atoms with Gasteiger partial charge in [-0.05, 0) is 31.4 Å². The van der Waals surface area contributed by atoms with E-state index in [9.17, 15) is 4.79 Å². The number of benzene rings is 1. The van der Waals surface area contributed by atoms with Gasteiger partial charge in [-0.25, -0.2) is 0 Å². The van der Waals surface area contributed by atoms with E-state index in [-0.39, 0.29) is 12.5 Å². The minimum atomic E-state index is 0.0105. The molecular formula is C14H17Cl2NO2. The molecule has 0 radical (unpaired) electrons. The molecule has 1 saturated heterocycles. The average Bonchev–Trinajstić information content (AvgIpc) is 2.88. The number of hydrogen-bond donors (Lipinski definition) is 0. The molecule has 2 rings (SSSR count). The molecule has 0 bridgehead atoms. The van der Waals surface area contributed by atoms with Gasteiger partial charge in [0.2, 0.25) is 0 Å². The van der Waals surface area contributed by atoms with Crippen molar-refractivity contribution in [3.63, 3.8) is 0 Å². The Morgan fingerprint density at radius 3 is 3.00 bits per heavy atom. The van der Waals surface area contributed by atoms with Crippen molar-refractivity contribution >= 4 is 29.1 Å². The van der Waals surface area contributed by atoms with Crippen LogP contribution >= 0.6 is 23.2 Å². The van der Waals surface area contributed by atoms with Crippen LogP contribution in [0.15, 0.2) is 18.2 Å². The predicted molar refractivity (Wildman–Crippen MR) is 77.0 cm³/mol. The van der Waals surface area contributed by atoms with Crippen molar-refractivity contribution in [3.05, 3.63) is 28.2 Å². The average molecular weight is 302 g/mol. The molecular weight excluding hydrogens is 285 g/mol. The van der Waals surface area contributed by atoms with E-state index in [0.717, 1.165) is 25.8 Å². The smallest absolute Gasteiger partial charge is 0.260 e. The van der Waals surface area contributed by atoms with Gasteiger partial charge in [0, 0.05) is 23.7 Å². The summed E-state index contributed by atoms with van der Waals surface area (Å²) >= 11 is 11.9. The molecule has 104 valence electrons. The number of carbonyl (C=O) groups is 1. The summed E-state index contributed by atoms with van der Waals surface area (Å²) in [5, 5.41) is 1.00. The fourth-order valence-electron chi connectivity index (χ4n) is 2.40. The Hall–Kier alpha value is -0.930. The van der Waals surface area contributed by atoms with Gasteiger partial charge in [-0.2, -0.15) is 0 Å². The van der Waals surface area contributed by atoms with E-state index in [1.54, 1.807) is 18.2 Å². The fourth-order valence-corrected chi connectivity index (χ4v) is 2.73. The maximum Gasteiger partial charge on any atom is 0.260 e. The van der Waals surface area contributed by atoms with Crippen molar-refractivity contribution in [2.75, 3.05) is 13.2 Å². The second-order valence-electron chi connectivity index (χ2n) is 4.65. The van der Waals surface area contributed by atoms with E-state index in [1.165, 1.54) is 0 Å². The number of carbonyl (C=O) groups excluding carboxylic acids is 1. The third-order valence-corrected chi connectivity index (χ3v) is 3.96. The number of nitrogens with zero attached hydrogens (tertiary/aromatic N) is 1. The molecule has 1 aromatic rings. The first-order valence-electron chi connectivity index (χ1n) is 6.49. The Balaban J connectivity index is 1.95. The largest absolute Gasteiger partial charge is 0.482 e. The molecule has 0 saturated carbocycles. The molecule has 3 nitrogen and oxygen atoms in total. The molecule has 1 heterocycles. The van der Waals surface area contributed by atoms with Gasteiger partial charge in [-0.1, -0.05) is 30.1 Å². The number of halogens is 2. The maximum absolute atomic E-state index is 12.1. The van der Waals surface area contributed by atoms with Crippen LogP contribution in [0.5, 0.6) is 5.75 Å². The molecule has 1 aliphatic rings. The normalized spacial score (nSPS) is 18.7. The van der Waals surface area contributed by atoms with Crippen LogP contribution < -0.4 is 4.74 Å². The molecule has 1 fully saturated rings. The lowest BCUT2D eigenvalue weighted by Crippen LogP contribution is -2.38. The highest BCUT2D eigenvalue weighted by Gasteiger charge is 2.27. The van der Waals surface area contributed by atoms with Gasteiger partial charge in [0.1, 0.15) is 5.75 Å². The summed E-state index contributed by atoms with van der Waals surface area (Å²) in [6.07, 6.45) is 3.14. The van der Waals surface area contributed by atoms with Gasteiger partial charge in [0.05, 0.1) is 5.02 Å². The molecule has 19 heavy (non-hydrogen) atoms. The first-order chi connectivity index (χ1) is 9.11. The van der Waals surface area contributed by atoms with E-state index in [1.807, 2.05) is 4.90 Å². The van der Waals surface area contributed by atoms with Crippen molar-refractivity contribution in [1.82, 2.24) is 4.90 Å². The molecule has 1 unspecified atom stereocenters. The minimum Gasteiger partial charge on any atom is -0.482 e. The molecule has 1 aromatic carbocycles. The van der Waals surface area contributed by atoms with E-state index < -0.39 is 0 Å². The standard InChI is InChI=1S/C14H17Cl2NO2/c1-2-11-4-3-7-17(11)14(18)9-19-13-8-10(15)5-6-12(13)16/h5-6,8,11H,2-4,7,9H2,1H3. The van der Waals surface area contributed by atoms with E-state index in [0.29, 0.717) is 21.8 Å². The third-order valence-electron chi connectivity index (χ3n) is 3.41. The lowest BCUT2D eigenvalue weighted by molar-refractivity contribution is -0.134. The second kappa shape index (κ2) is 6.49. The monoisotopic (exact) mass is 301 g/mol. The topological polar surface area (TPSA) is 29.5 Å². The highest BCUT2D eigenvalue weighted by atomic mass is 35.5. The molecule has 1 amide bonds. The molecule has 1 atom stereocenters. The summed E-state index contributed by atoms with van der Waals surface area (Å²) in [5.74, 6) is 0.468. The number of hydrogen-bond acceptors (Lipinski definition) is 2. The minimum absolute atomic E-state index is 0.0105. The van der Waals surface area contributed by atoms with Gasteiger partial charge in [0.25, 0.3) is 5.91 Å². The van der Waals surface area contributed by atoms with Crippen LogP contribution in [0.3, 0.4) is 0 Å². The lowest BCUT2D eigenvalue weighted by Gasteiger charge is -2.23. The van der Waals surface area contributed by atoms with Crippen LogP contribution in [0.1, 0.15) is 26.2 Å². The number of ether oxygens (including phenoxy) is 1. The Bertz CT molecular complexity index is 465. The van der Waals surface area contributed by atoms with Gasteiger partial charge in [-0.3, -0.25) is 4.79 Å². The Kier molecular flexibility index (Phi) is 4.94. The van der Waals surface area contributed by atoms with Crippen LogP contribution in [-0.2, 0) is 4.79 Å². The van der Waals surface area contributed by atoms with Crippen molar-refractivity contribution < 1.29 is 9.53 Å². The van der Waals surface area contributed by atoms with Crippen LogP contribution in [0.4, 0.5) is 0 Å². The summed E-state index contributed by atoms with van der Waals surface area (Å²) in [7, 11) is 0. The predicted octanol–water partition coefficient (Wildman–Crippen LogP) is 3.77. The van der Waals surface area contributed by atoms with Crippen molar-refractivity contribution in [3.8, 4) is 5.75 Å². The summed E-state index contributed by atoms with van der Waals surface area (Å²) in [6.45, 7) is 2.94. The van der Waals surface area contributed by atoms with Crippen LogP contribution in [0.25, 0.3) is 0 Å². The van der Waals surface area contributed by atoms with Gasteiger partial charge < -0.3 is 9.64 Å². The molecule has 0 N–H and O–H groups in total. The molecule has 0 spiro atoms. The summed E-state index contributed by atoms with van der Waals surface area (Å²) in [5.41, 5.74) is 0. The molecule has 5 heteroatoms. The first-order valence-corrected chi connectivity index (χ1v) is 7.24. The van der Waals surface area contributed by atoms with E-state index in [4.69, 9.17) is 27.9 Å².